The molecule has 14 heavy (non-hydrogen) atoms. The van der Waals surface area contributed by atoms with E-state index in [1.54, 1.807) is 7.85 Å². The molecule has 0 unspecified atom stereocenters. The summed E-state index contributed by atoms with van der Waals surface area (Å²) in [7, 11) is 1.69. The van der Waals surface area contributed by atoms with Crippen LogP contribution >= 0.6 is 0 Å². The molecule has 0 aromatic heterocycles. The van der Waals surface area contributed by atoms with Gasteiger partial charge in [0.1, 0.15) is 0 Å². The molecule has 1 nitrogen and oxygen atoms in total. The van der Waals surface area contributed by atoms with Crippen molar-refractivity contribution in [2.45, 2.75) is 71.1 Å². The topological polar surface area (TPSA) is 17.1 Å². The third-order valence-corrected chi connectivity index (χ3v) is 2.63. The van der Waals surface area contributed by atoms with Gasteiger partial charge < -0.3 is 4.79 Å². The number of hydrogen-bond acceptors (Lipinski definition) is 1. The molecule has 0 fully saturated rings. The molecular weight excluding hydrogens is 171 g/mol. The summed E-state index contributed by atoms with van der Waals surface area (Å²) < 4.78 is 0. The molecule has 0 rings (SSSR count). The minimum absolute atomic E-state index is 0.341. The van der Waals surface area contributed by atoms with Crippen LogP contribution in [0.4, 0.5) is 0 Å². The Morgan fingerprint density at radius 2 is 1.29 bits per heavy atom. The molecule has 0 amide bonds. The van der Waals surface area contributed by atoms with Gasteiger partial charge in [0.15, 0.2) is 7.85 Å². The summed E-state index contributed by atoms with van der Waals surface area (Å²) in [5, 5.41) is 0. The van der Waals surface area contributed by atoms with Crippen molar-refractivity contribution in [2.75, 3.05) is 0 Å². The van der Waals surface area contributed by atoms with Gasteiger partial charge in [-0.2, -0.15) is 0 Å². The lowest BCUT2D eigenvalue weighted by atomic mass is 9.96. The molecule has 0 N–H and O–H groups in total. The monoisotopic (exact) mass is 196 g/mol. The van der Waals surface area contributed by atoms with E-state index in [1.807, 2.05) is 0 Å². The first-order chi connectivity index (χ1) is 6.77. The number of carbonyl (C=O) groups is 1. The summed E-state index contributed by atoms with van der Waals surface area (Å²) in [5.74, 6) is 0. The predicted molar refractivity (Wildman–Crippen MR) is 65.4 cm³/mol. The van der Waals surface area contributed by atoms with Crippen LogP contribution in [-0.4, -0.2) is 13.5 Å². The van der Waals surface area contributed by atoms with Gasteiger partial charge in [-0.3, -0.25) is 0 Å². The fraction of sp³-hybridized carbons (Fsp3) is 0.917. The highest BCUT2D eigenvalue weighted by Crippen LogP contribution is 2.10. The van der Waals surface area contributed by atoms with Gasteiger partial charge in [0.25, 0.3) is 0 Å². The van der Waals surface area contributed by atoms with Crippen molar-refractivity contribution in [2.24, 2.45) is 0 Å². The van der Waals surface area contributed by atoms with Crippen LogP contribution in [0, 0.1) is 0 Å². The Hall–Kier alpha value is -0.265. The smallest absolute Gasteiger partial charge is 0.187 e. The van der Waals surface area contributed by atoms with Gasteiger partial charge >= 0.3 is 0 Å². The molecule has 0 aromatic carbocycles. The predicted octanol–water partition coefficient (Wildman–Crippen LogP) is 3.07. The van der Waals surface area contributed by atoms with Crippen LogP contribution in [0.2, 0.25) is 0 Å². The zero-order valence-corrected chi connectivity index (χ0v) is 9.98. The van der Waals surface area contributed by atoms with Crippen LogP contribution in [-0.2, 0) is 4.79 Å². The molecule has 0 aliphatic heterocycles. The Balaban J connectivity index is 2.88. The molecule has 82 valence electrons. The lowest BCUT2D eigenvalue weighted by Crippen LogP contribution is -1.94. The standard InChI is InChI=1S/C12H25BO/c1-2-3-4-5-6-7-8-9-10-11-12(13)14/h2-11,13H2,1H3. The quantitative estimate of drug-likeness (QED) is 0.387. The second kappa shape index (κ2) is 10.8. The zero-order valence-electron chi connectivity index (χ0n) is 9.98. The van der Waals surface area contributed by atoms with E-state index in [0.29, 0.717) is 5.68 Å². The van der Waals surface area contributed by atoms with Crippen molar-refractivity contribution in [3.8, 4) is 0 Å². The Morgan fingerprint density at radius 1 is 0.857 bits per heavy atom. The van der Waals surface area contributed by atoms with E-state index >= 15 is 0 Å². The first kappa shape index (κ1) is 13.7. The van der Waals surface area contributed by atoms with E-state index in [4.69, 9.17) is 0 Å². The van der Waals surface area contributed by atoms with Crippen molar-refractivity contribution in [1.82, 2.24) is 0 Å². The molecule has 0 aliphatic rings. The van der Waals surface area contributed by atoms with E-state index < -0.39 is 0 Å². The Labute approximate surface area is 90.1 Å². The van der Waals surface area contributed by atoms with Crippen molar-refractivity contribution in [3.63, 3.8) is 0 Å². The van der Waals surface area contributed by atoms with Crippen LogP contribution in [0.15, 0.2) is 0 Å². The molecular formula is C12H25BO. The fourth-order valence-electron chi connectivity index (χ4n) is 1.68. The maximum Gasteiger partial charge on any atom is 0.187 e. The maximum absolute atomic E-state index is 10.7. The Morgan fingerprint density at radius 3 is 1.71 bits per heavy atom. The van der Waals surface area contributed by atoms with Crippen LogP contribution in [0.1, 0.15) is 71.1 Å². The molecule has 0 spiro atoms. The summed E-state index contributed by atoms with van der Waals surface area (Å²) in [4.78, 5) is 10.7. The summed E-state index contributed by atoms with van der Waals surface area (Å²) in [6.45, 7) is 2.25. The average molecular weight is 196 g/mol. The number of unbranched alkanes of at least 4 members (excludes halogenated alkanes) is 8. The SMILES string of the molecule is BC(=O)CCCCCCCCCCC. The van der Waals surface area contributed by atoms with E-state index in [-0.39, 0.29) is 0 Å². The normalized spacial score (nSPS) is 10.4. The van der Waals surface area contributed by atoms with E-state index in [0.717, 1.165) is 12.8 Å². The summed E-state index contributed by atoms with van der Waals surface area (Å²) in [5.41, 5.74) is 0.341. The van der Waals surface area contributed by atoms with Crippen molar-refractivity contribution in [1.29, 1.82) is 0 Å². The van der Waals surface area contributed by atoms with Crippen molar-refractivity contribution >= 4 is 13.5 Å². The molecule has 0 saturated heterocycles. The lowest BCUT2D eigenvalue weighted by molar-refractivity contribution is -0.111. The fourth-order valence-corrected chi connectivity index (χ4v) is 1.68. The highest BCUT2D eigenvalue weighted by Gasteiger charge is 1.94. The molecule has 0 aliphatic carbocycles. The summed E-state index contributed by atoms with van der Waals surface area (Å²) in [6.07, 6.45) is 12.7. The van der Waals surface area contributed by atoms with Gasteiger partial charge in [0.2, 0.25) is 0 Å². The second-order valence-electron chi connectivity index (χ2n) is 4.28. The first-order valence-electron chi connectivity index (χ1n) is 6.26. The Bertz CT molecular complexity index is 134. The van der Waals surface area contributed by atoms with E-state index in [9.17, 15) is 4.79 Å². The molecule has 0 atom stereocenters. The molecule has 2 heteroatoms. The minimum atomic E-state index is 0.341. The van der Waals surface area contributed by atoms with Crippen molar-refractivity contribution in [3.05, 3.63) is 0 Å². The van der Waals surface area contributed by atoms with Gasteiger partial charge in [0.05, 0.1) is 5.68 Å². The largest absolute Gasteiger partial charge is 0.312 e. The zero-order chi connectivity index (χ0) is 10.6. The number of rotatable bonds is 10. The molecule has 0 saturated carbocycles. The lowest BCUT2D eigenvalue weighted by Gasteiger charge is -2.00. The molecule has 0 aromatic rings. The number of carbonyl (C=O) groups excluding carboxylic acids is 1. The third kappa shape index (κ3) is 11.7. The van der Waals surface area contributed by atoms with Crippen molar-refractivity contribution < 1.29 is 4.79 Å². The van der Waals surface area contributed by atoms with E-state index in [2.05, 4.69) is 6.92 Å². The first-order valence-corrected chi connectivity index (χ1v) is 6.26. The van der Waals surface area contributed by atoms with Gasteiger partial charge in [-0.25, -0.2) is 0 Å². The van der Waals surface area contributed by atoms with Gasteiger partial charge in [0, 0.05) is 0 Å². The molecule has 0 heterocycles. The minimum Gasteiger partial charge on any atom is -0.312 e. The molecule has 0 radical (unpaired) electrons. The highest BCUT2D eigenvalue weighted by atomic mass is 16.1. The number of hydrogen-bond donors (Lipinski definition) is 0. The van der Waals surface area contributed by atoms with Crippen LogP contribution < -0.4 is 0 Å². The molecule has 0 bridgehead atoms. The second-order valence-corrected chi connectivity index (χ2v) is 4.28. The van der Waals surface area contributed by atoms with Crippen LogP contribution in [0.25, 0.3) is 0 Å². The van der Waals surface area contributed by atoms with Crippen LogP contribution in [0.5, 0.6) is 0 Å². The average Bonchev–Trinajstić information content (AvgIpc) is 2.15. The highest BCUT2D eigenvalue weighted by molar-refractivity contribution is 6.57. The van der Waals surface area contributed by atoms with Gasteiger partial charge in [-0.05, 0) is 12.8 Å². The third-order valence-electron chi connectivity index (χ3n) is 2.63. The Kier molecular flexibility index (Phi) is 10.6. The van der Waals surface area contributed by atoms with Gasteiger partial charge in [-0.15, -0.1) is 0 Å². The summed E-state index contributed by atoms with van der Waals surface area (Å²) in [6, 6.07) is 0. The van der Waals surface area contributed by atoms with Gasteiger partial charge in [-0.1, -0.05) is 58.3 Å². The van der Waals surface area contributed by atoms with Crippen LogP contribution in [0.3, 0.4) is 0 Å². The van der Waals surface area contributed by atoms with E-state index in [1.165, 1.54) is 51.4 Å². The summed E-state index contributed by atoms with van der Waals surface area (Å²) >= 11 is 0. The maximum atomic E-state index is 10.7.